The van der Waals surface area contributed by atoms with Crippen LogP contribution in [0.15, 0.2) is 11.6 Å². The molecule has 4 nitrogen and oxygen atoms in total. The molecule has 33 heavy (non-hydrogen) atoms. The number of ether oxygens (including phenoxy) is 1. The summed E-state index contributed by atoms with van der Waals surface area (Å²) in [4.78, 5) is 11.4. The average Bonchev–Trinajstić information content (AvgIpc) is 3.09. The Hall–Kier alpha value is -0.870. The highest BCUT2D eigenvalue weighted by Gasteiger charge is 2.61. The number of rotatable bonds is 8. The highest BCUT2D eigenvalue weighted by Crippen LogP contribution is 2.67. The lowest BCUT2D eigenvalue weighted by atomic mass is 9.46. The minimum absolute atomic E-state index is 0.126. The van der Waals surface area contributed by atoms with E-state index in [1.165, 1.54) is 50.5 Å². The fourth-order valence-electron chi connectivity index (χ4n) is 8.95. The van der Waals surface area contributed by atoms with E-state index < -0.39 is 5.97 Å². The molecule has 0 aromatic carbocycles. The van der Waals surface area contributed by atoms with E-state index in [4.69, 9.17) is 4.74 Å². The van der Waals surface area contributed by atoms with E-state index in [9.17, 15) is 15.0 Å². The molecule has 0 radical (unpaired) electrons. The second kappa shape index (κ2) is 9.64. The molecule has 4 aliphatic carbocycles. The van der Waals surface area contributed by atoms with Crippen LogP contribution in [0.5, 0.6) is 0 Å². The van der Waals surface area contributed by atoms with Crippen molar-refractivity contribution in [3.8, 4) is 0 Å². The summed E-state index contributed by atoms with van der Waals surface area (Å²) in [7, 11) is 0. The molecule has 0 spiro atoms. The quantitative estimate of drug-likeness (QED) is 0.407. The summed E-state index contributed by atoms with van der Waals surface area (Å²) in [6.45, 7) is 11.9. The molecule has 4 rings (SSSR count). The van der Waals surface area contributed by atoms with Crippen LogP contribution in [-0.4, -0.2) is 35.0 Å². The van der Waals surface area contributed by atoms with E-state index >= 15 is 0 Å². The van der Waals surface area contributed by atoms with Gasteiger partial charge in [0.25, 0.3) is 0 Å². The number of aliphatic hydroxyl groups is 1. The molecule has 0 aliphatic heterocycles. The number of hydrogen-bond acceptors (Lipinski definition) is 3. The summed E-state index contributed by atoms with van der Waals surface area (Å²) in [6, 6.07) is 0. The van der Waals surface area contributed by atoms with Gasteiger partial charge in [0.15, 0.2) is 0 Å². The van der Waals surface area contributed by atoms with Gasteiger partial charge in [0.05, 0.1) is 12.2 Å². The summed E-state index contributed by atoms with van der Waals surface area (Å²) < 4.78 is 6.13. The second-order valence-electron chi connectivity index (χ2n) is 13.0. The molecule has 0 aromatic heterocycles. The van der Waals surface area contributed by atoms with E-state index in [1.54, 1.807) is 0 Å². The van der Waals surface area contributed by atoms with E-state index in [2.05, 4.69) is 40.7 Å². The van der Waals surface area contributed by atoms with Crippen LogP contribution in [0.4, 0.5) is 0 Å². The van der Waals surface area contributed by atoms with E-state index in [0.29, 0.717) is 23.2 Å². The van der Waals surface area contributed by atoms with Crippen LogP contribution < -0.4 is 0 Å². The smallest absolute Gasteiger partial charge is 0.329 e. The van der Waals surface area contributed by atoms with Gasteiger partial charge >= 0.3 is 5.97 Å². The van der Waals surface area contributed by atoms with Gasteiger partial charge in [0.1, 0.15) is 6.61 Å². The van der Waals surface area contributed by atoms with Crippen molar-refractivity contribution in [2.75, 3.05) is 6.61 Å². The number of aliphatic hydroxyl groups excluding tert-OH is 1. The molecule has 4 aliphatic rings. The summed E-state index contributed by atoms with van der Waals surface area (Å²) in [6.07, 6.45) is 13.6. The van der Waals surface area contributed by atoms with Crippen molar-refractivity contribution in [2.24, 2.45) is 46.3 Å². The maximum absolute atomic E-state index is 11.4. The number of aliphatic carboxylic acids is 1. The maximum Gasteiger partial charge on any atom is 0.329 e. The fraction of sp³-hybridized carbons (Fsp3) is 0.897. The summed E-state index contributed by atoms with van der Waals surface area (Å²) in [5, 5.41) is 19.7. The predicted molar refractivity (Wildman–Crippen MR) is 132 cm³/mol. The van der Waals surface area contributed by atoms with Crippen molar-refractivity contribution in [1.82, 2.24) is 0 Å². The van der Waals surface area contributed by atoms with Gasteiger partial charge in [-0.15, -0.1) is 0 Å². The van der Waals surface area contributed by atoms with Crippen LogP contribution in [-0.2, 0) is 9.53 Å². The predicted octanol–water partition coefficient (Wildman–Crippen LogP) is 6.47. The molecule has 4 heteroatoms. The molecular weight excluding hydrogens is 412 g/mol. The number of carboxylic acids is 1. The maximum atomic E-state index is 11.4. The molecule has 188 valence electrons. The van der Waals surface area contributed by atoms with Gasteiger partial charge in [0.2, 0.25) is 0 Å². The molecular formula is C29H48O4. The lowest BCUT2D eigenvalue weighted by molar-refractivity contribution is -0.151. The minimum atomic E-state index is -0.886. The van der Waals surface area contributed by atoms with Crippen molar-refractivity contribution in [3.05, 3.63) is 11.6 Å². The van der Waals surface area contributed by atoms with Crippen LogP contribution in [0.3, 0.4) is 0 Å². The third kappa shape index (κ3) is 4.68. The molecule has 3 saturated carbocycles. The number of hydrogen-bond donors (Lipinski definition) is 2. The van der Waals surface area contributed by atoms with E-state index in [0.717, 1.165) is 37.0 Å². The lowest BCUT2D eigenvalue weighted by Crippen LogP contribution is -2.55. The molecule has 0 bridgehead atoms. The van der Waals surface area contributed by atoms with Crippen molar-refractivity contribution in [2.45, 2.75) is 111 Å². The highest BCUT2D eigenvalue weighted by atomic mass is 16.5. The highest BCUT2D eigenvalue weighted by molar-refractivity contribution is 5.68. The zero-order chi connectivity index (χ0) is 24.0. The Morgan fingerprint density at radius 2 is 1.85 bits per heavy atom. The summed E-state index contributed by atoms with van der Waals surface area (Å²) in [5.74, 6) is 2.96. The topological polar surface area (TPSA) is 66.8 Å². The first-order valence-corrected chi connectivity index (χ1v) is 13.8. The Labute approximate surface area is 201 Å². The largest absolute Gasteiger partial charge is 0.480 e. The Kier molecular flexibility index (Phi) is 7.37. The minimum Gasteiger partial charge on any atom is -0.480 e. The monoisotopic (exact) mass is 460 g/mol. The molecule has 0 unspecified atom stereocenters. The number of fused-ring (bicyclic) bond motifs is 5. The fourth-order valence-corrected chi connectivity index (χ4v) is 8.95. The van der Waals surface area contributed by atoms with Crippen LogP contribution in [0, 0.1) is 46.3 Å². The van der Waals surface area contributed by atoms with Crippen molar-refractivity contribution < 1.29 is 19.7 Å². The molecule has 0 aromatic rings. The SMILES string of the molecule is CC(C)CCC[C@H](C)[C@H]1CC[C@H]2[C@@H]3[C@@H](OCC(=O)O)C=C4C[C@@H](O)CC[C@]4(C)[C@H]3CC[C@]12C. The Morgan fingerprint density at radius 1 is 1.09 bits per heavy atom. The normalized spacial score (nSPS) is 43.4. The molecule has 3 fully saturated rings. The molecule has 0 saturated heterocycles. The Bertz CT molecular complexity index is 744. The zero-order valence-electron chi connectivity index (χ0n) is 21.7. The van der Waals surface area contributed by atoms with E-state index in [1.807, 2.05) is 0 Å². The molecule has 9 atom stereocenters. The average molecular weight is 461 g/mol. The van der Waals surface area contributed by atoms with Crippen LogP contribution in [0.2, 0.25) is 0 Å². The third-order valence-corrected chi connectivity index (χ3v) is 10.7. The standard InChI is InChI=1S/C29H48O4/c1-18(2)7-6-8-19(3)22-9-10-23-27-24(12-14-29(22,23)5)28(4)13-11-21(30)15-20(28)16-25(27)33-17-26(31)32/h16,18-19,21-25,27,30H,6-15,17H2,1-5H3,(H,31,32)/t19-,21-,22+,23-,24-,25-,27-,28-,29+/m0/s1. The first-order valence-electron chi connectivity index (χ1n) is 13.8. The first-order chi connectivity index (χ1) is 15.6. The van der Waals surface area contributed by atoms with Crippen molar-refractivity contribution >= 4 is 5.97 Å². The van der Waals surface area contributed by atoms with Crippen LogP contribution >= 0.6 is 0 Å². The van der Waals surface area contributed by atoms with Gasteiger partial charge < -0.3 is 14.9 Å². The van der Waals surface area contributed by atoms with Gasteiger partial charge in [-0.25, -0.2) is 4.79 Å². The van der Waals surface area contributed by atoms with Gasteiger partial charge in [-0.1, -0.05) is 65.5 Å². The summed E-state index contributed by atoms with van der Waals surface area (Å²) in [5.41, 5.74) is 1.80. The van der Waals surface area contributed by atoms with Crippen LogP contribution in [0.1, 0.15) is 98.8 Å². The number of carboxylic acid groups (broad SMARTS) is 1. The van der Waals surface area contributed by atoms with Gasteiger partial charge in [-0.2, -0.15) is 0 Å². The molecule has 2 N–H and O–H groups in total. The Morgan fingerprint density at radius 3 is 2.55 bits per heavy atom. The lowest BCUT2D eigenvalue weighted by Gasteiger charge is -2.60. The van der Waals surface area contributed by atoms with Crippen molar-refractivity contribution in [1.29, 1.82) is 0 Å². The van der Waals surface area contributed by atoms with Gasteiger partial charge in [-0.3, -0.25) is 0 Å². The summed E-state index contributed by atoms with van der Waals surface area (Å²) >= 11 is 0. The van der Waals surface area contributed by atoms with Crippen molar-refractivity contribution in [3.63, 3.8) is 0 Å². The number of carbonyl (C=O) groups is 1. The zero-order valence-corrected chi connectivity index (χ0v) is 21.7. The molecule has 0 amide bonds. The third-order valence-electron chi connectivity index (χ3n) is 10.7. The first kappa shape index (κ1) is 25.2. The van der Waals surface area contributed by atoms with Gasteiger partial charge in [-0.05, 0) is 91.3 Å². The van der Waals surface area contributed by atoms with E-state index in [-0.39, 0.29) is 24.2 Å². The van der Waals surface area contributed by atoms with Gasteiger partial charge in [0, 0.05) is 0 Å². The molecule has 0 heterocycles. The van der Waals surface area contributed by atoms with Crippen LogP contribution in [0.25, 0.3) is 0 Å². The Balaban J connectivity index is 1.60. The second-order valence-corrected chi connectivity index (χ2v) is 13.0.